The molecular weight excluding hydrogens is 211 g/mol. The van der Waals surface area contributed by atoms with Crippen LogP contribution in [0, 0.1) is 5.82 Å². The van der Waals surface area contributed by atoms with Crippen LogP contribution >= 0.6 is 0 Å². The molecule has 0 spiro atoms. The van der Waals surface area contributed by atoms with Crippen molar-refractivity contribution in [3.8, 4) is 0 Å². The number of benzene rings is 1. The first-order chi connectivity index (χ1) is 7.61. The molecule has 4 nitrogen and oxygen atoms in total. The highest BCUT2D eigenvalue weighted by atomic mass is 19.1. The summed E-state index contributed by atoms with van der Waals surface area (Å²) in [5, 5.41) is 2.98. The summed E-state index contributed by atoms with van der Waals surface area (Å²) in [6.07, 6.45) is 2.05. The highest BCUT2D eigenvalue weighted by Gasteiger charge is 2.24. The van der Waals surface area contributed by atoms with Gasteiger partial charge in [0.15, 0.2) is 0 Å². The maximum absolute atomic E-state index is 13.6. The molecule has 0 heterocycles. The van der Waals surface area contributed by atoms with Gasteiger partial charge >= 0.3 is 5.97 Å². The molecule has 0 aliphatic heterocycles. The number of nitrogen functional groups attached to an aromatic ring is 1. The number of carbonyl (C=O) groups excluding carboxylic acids is 1. The lowest BCUT2D eigenvalue weighted by Crippen LogP contribution is -2.09. The van der Waals surface area contributed by atoms with Crippen LogP contribution in [0.5, 0.6) is 0 Å². The molecule has 1 aromatic rings. The van der Waals surface area contributed by atoms with Gasteiger partial charge in [-0.15, -0.1) is 0 Å². The molecule has 1 aromatic carbocycles. The second-order valence-corrected chi connectivity index (χ2v) is 3.83. The van der Waals surface area contributed by atoms with Gasteiger partial charge in [-0.1, -0.05) is 0 Å². The monoisotopic (exact) mass is 224 g/mol. The largest absolute Gasteiger partial charge is 0.465 e. The van der Waals surface area contributed by atoms with Gasteiger partial charge in [0.1, 0.15) is 5.82 Å². The zero-order valence-electron chi connectivity index (χ0n) is 8.92. The SMILES string of the molecule is COC(=O)c1cc(N)c(NC2CC2)c(F)c1. The van der Waals surface area contributed by atoms with Crippen LogP contribution in [-0.4, -0.2) is 19.1 Å². The summed E-state index contributed by atoms with van der Waals surface area (Å²) in [5.41, 5.74) is 6.31. The minimum absolute atomic E-state index is 0.124. The van der Waals surface area contributed by atoms with Crippen molar-refractivity contribution in [1.82, 2.24) is 0 Å². The second-order valence-electron chi connectivity index (χ2n) is 3.83. The van der Waals surface area contributed by atoms with Crippen LogP contribution in [0.2, 0.25) is 0 Å². The number of halogens is 1. The maximum atomic E-state index is 13.6. The summed E-state index contributed by atoms with van der Waals surface area (Å²) in [6.45, 7) is 0. The van der Waals surface area contributed by atoms with E-state index in [9.17, 15) is 9.18 Å². The van der Waals surface area contributed by atoms with Crippen LogP contribution in [0.15, 0.2) is 12.1 Å². The lowest BCUT2D eigenvalue weighted by Gasteiger charge is -2.10. The number of rotatable bonds is 3. The molecule has 5 heteroatoms. The van der Waals surface area contributed by atoms with E-state index >= 15 is 0 Å². The Kier molecular flexibility index (Phi) is 2.68. The molecule has 0 amide bonds. The van der Waals surface area contributed by atoms with Crippen LogP contribution in [-0.2, 0) is 4.74 Å². The average Bonchev–Trinajstić information content (AvgIpc) is 3.05. The fraction of sp³-hybridized carbons (Fsp3) is 0.364. The zero-order valence-corrected chi connectivity index (χ0v) is 8.92. The first-order valence-corrected chi connectivity index (χ1v) is 5.05. The van der Waals surface area contributed by atoms with Crippen LogP contribution < -0.4 is 11.1 Å². The predicted molar refractivity (Wildman–Crippen MR) is 58.8 cm³/mol. The van der Waals surface area contributed by atoms with Gasteiger partial charge in [-0.25, -0.2) is 9.18 Å². The van der Waals surface area contributed by atoms with E-state index in [1.165, 1.54) is 13.2 Å². The molecule has 0 unspecified atom stereocenters. The topological polar surface area (TPSA) is 64.3 Å². The summed E-state index contributed by atoms with van der Waals surface area (Å²) in [5.74, 6) is -1.11. The molecule has 3 N–H and O–H groups in total. The number of hydrogen-bond acceptors (Lipinski definition) is 4. The first kappa shape index (κ1) is 10.7. The smallest absolute Gasteiger partial charge is 0.338 e. The van der Waals surface area contributed by atoms with Crippen molar-refractivity contribution < 1.29 is 13.9 Å². The Morgan fingerprint density at radius 3 is 2.75 bits per heavy atom. The van der Waals surface area contributed by atoms with E-state index < -0.39 is 11.8 Å². The van der Waals surface area contributed by atoms with Gasteiger partial charge in [-0.3, -0.25) is 0 Å². The first-order valence-electron chi connectivity index (χ1n) is 5.05. The summed E-state index contributed by atoms with van der Waals surface area (Å²) in [6, 6.07) is 2.85. The lowest BCUT2D eigenvalue weighted by molar-refractivity contribution is 0.0600. The van der Waals surface area contributed by atoms with Crippen molar-refractivity contribution in [1.29, 1.82) is 0 Å². The van der Waals surface area contributed by atoms with Crippen molar-refractivity contribution in [2.45, 2.75) is 18.9 Å². The van der Waals surface area contributed by atoms with E-state index in [-0.39, 0.29) is 16.9 Å². The molecular formula is C11H13FN2O2. The average molecular weight is 224 g/mol. The predicted octanol–water partition coefficient (Wildman–Crippen LogP) is 1.77. The van der Waals surface area contributed by atoms with E-state index in [4.69, 9.17) is 5.73 Å². The molecule has 86 valence electrons. The molecule has 0 aromatic heterocycles. The number of nitrogens with two attached hydrogens (primary N) is 1. The maximum Gasteiger partial charge on any atom is 0.338 e. The Morgan fingerprint density at radius 1 is 1.56 bits per heavy atom. The van der Waals surface area contributed by atoms with Crippen LogP contribution in [0.4, 0.5) is 15.8 Å². The number of nitrogens with one attached hydrogen (secondary N) is 1. The molecule has 0 bridgehead atoms. The Morgan fingerprint density at radius 2 is 2.25 bits per heavy atom. The van der Waals surface area contributed by atoms with Gasteiger partial charge in [0.05, 0.1) is 24.0 Å². The lowest BCUT2D eigenvalue weighted by atomic mass is 10.1. The highest BCUT2D eigenvalue weighted by molar-refractivity contribution is 5.92. The molecule has 1 aliphatic carbocycles. The molecule has 0 radical (unpaired) electrons. The molecule has 2 rings (SSSR count). The normalized spacial score (nSPS) is 14.6. The van der Waals surface area contributed by atoms with Gasteiger partial charge in [0.25, 0.3) is 0 Å². The van der Waals surface area contributed by atoms with Gasteiger partial charge in [-0.05, 0) is 25.0 Å². The molecule has 0 saturated heterocycles. The zero-order chi connectivity index (χ0) is 11.7. The van der Waals surface area contributed by atoms with Crippen molar-refractivity contribution in [2.75, 3.05) is 18.2 Å². The van der Waals surface area contributed by atoms with E-state index in [0.717, 1.165) is 18.9 Å². The van der Waals surface area contributed by atoms with E-state index in [0.29, 0.717) is 6.04 Å². The van der Waals surface area contributed by atoms with Crippen molar-refractivity contribution in [2.24, 2.45) is 0 Å². The number of anilines is 2. The Labute approximate surface area is 92.6 Å². The van der Waals surface area contributed by atoms with Crippen LogP contribution in [0.3, 0.4) is 0 Å². The van der Waals surface area contributed by atoms with Crippen molar-refractivity contribution in [3.63, 3.8) is 0 Å². The third-order valence-electron chi connectivity index (χ3n) is 2.47. The second kappa shape index (κ2) is 4.00. The van der Waals surface area contributed by atoms with Gasteiger partial charge in [0, 0.05) is 6.04 Å². The molecule has 1 aliphatic rings. The van der Waals surface area contributed by atoms with Crippen molar-refractivity contribution in [3.05, 3.63) is 23.5 Å². The number of ether oxygens (including phenoxy) is 1. The summed E-state index contributed by atoms with van der Waals surface area (Å²) >= 11 is 0. The molecule has 1 saturated carbocycles. The molecule has 0 atom stereocenters. The van der Waals surface area contributed by atoms with Gasteiger partial charge < -0.3 is 15.8 Å². The molecule has 1 fully saturated rings. The van der Waals surface area contributed by atoms with Crippen molar-refractivity contribution >= 4 is 17.3 Å². The number of hydrogen-bond donors (Lipinski definition) is 2. The highest BCUT2D eigenvalue weighted by Crippen LogP contribution is 2.31. The quantitative estimate of drug-likeness (QED) is 0.606. The number of esters is 1. The summed E-state index contributed by atoms with van der Waals surface area (Å²) < 4.78 is 18.1. The van der Waals surface area contributed by atoms with Crippen LogP contribution in [0.1, 0.15) is 23.2 Å². The third-order valence-corrected chi connectivity index (χ3v) is 2.47. The Hall–Kier alpha value is -1.78. The Balaban J connectivity index is 2.30. The fourth-order valence-corrected chi connectivity index (χ4v) is 1.45. The third kappa shape index (κ3) is 2.08. The van der Waals surface area contributed by atoms with E-state index in [1.54, 1.807) is 0 Å². The van der Waals surface area contributed by atoms with E-state index in [1.807, 2.05) is 0 Å². The molecule has 16 heavy (non-hydrogen) atoms. The number of carbonyl (C=O) groups is 1. The minimum atomic E-state index is -0.594. The standard InChI is InChI=1S/C11H13FN2O2/c1-16-11(15)6-4-8(12)10(9(13)5-6)14-7-2-3-7/h4-5,7,14H,2-3,13H2,1H3. The van der Waals surface area contributed by atoms with E-state index in [2.05, 4.69) is 10.1 Å². The summed E-state index contributed by atoms with van der Waals surface area (Å²) in [7, 11) is 1.24. The minimum Gasteiger partial charge on any atom is -0.465 e. The van der Waals surface area contributed by atoms with Gasteiger partial charge in [0.2, 0.25) is 0 Å². The van der Waals surface area contributed by atoms with Gasteiger partial charge in [-0.2, -0.15) is 0 Å². The summed E-state index contributed by atoms with van der Waals surface area (Å²) in [4.78, 5) is 11.2. The number of methoxy groups -OCH3 is 1. The fourth-order valence-electron chi connectivity index (χ4n) is 1.45. The Bertz CT molecular complexity index is 407. The van der Waals surface area contributed by atoms with Crippen LogP contribution in [0.25, 0.3) is 0 Å².